The zero-order chi connectivity index (χ0) is 22.8. The Labute approximate surface area is 193 Å². The molecule has 1 saturated carbocycles. The van der Waals surface area contributed by atoms with E-state index in [0.29, 0.717) is 49.4 Å². The van der Waals surface area contributed by atoms with Gasteiger partial charge >= 0.3 is 0 Å². The van der Waals surface area contributed by atoms with Crippen LogP contribution in [-0.2, 0) is 11.3 Å². The zero-order valence-electron chi connectivity index (χ0n) is 18.7. The zero-order valence-corrected chi connectivity index (χ0v) is 18.7. The smallest absolute Gasteiger partial charge is 0.279 e. The molecule has 33 heavy (non-hydrogen) atoms. The number of pyridine rings is 1. The first-order chi connectivity index (χ1) is 16.1. The highest BCUT2D eigenvalue weighted by Gasteiger charge is 2.38. The summed E-state index contributed by atoms with van der Waals surface area (Å²) in [5, 5.41) is 10.3. The van der Waals surface area contributed by atoms with Crippen LogP contribution in [0.15, 0.2) is 59.8 Å². The summed E-state index contributed by atoms with van der Waals surface area (Å²) in [6.07, 6.45) is 6.67. The van der Waals surface area contributed by atoms with Gasteiger partial charge < -0.3 is 10.0 Å². The van der Waals surface area contributed by atoms with Crippen LogP contribution in [0.1, 0.15) is 43.6 Å². The number of fused-ring (bicyclic) bond motifs is 1. The van der Waals surface area contributed by atoms with E-state index in [1.54, 1.807) is 29.2 Å². The molecular formula is C26H30N4O3. The molecule has 1 saturated heterocycles. The topological polar surface area (TPSA) is 88.3 Å². The van der Waals surface area contributed by atoms with Crippen LogP contribution in [0, 0.1) is 11.8 Å². The number of hydrogen-bond acceptors (Lipinski definition) is 5. The fourth-order valence-electron chi connectivity index (χ4n) is 5.48. The van der Waals surface area contributed by atoms with Crippen LogP contribution < -0.4 is 5.56 Å². The lowest BCUT2D eigenvalue weighted by molar-refractivity contribution is -0.139. The van der Waals surface area contributed by atoms with E-state index >= 15 is 0 Å². The molecule has 3 atom stereocenters. The molecule has 7 nitrogen and oxygen atoms in total. The molecule has 2 fully saturated rings. The Hall–Kier alpha value is -3.06. The minimum atomic E-state index is -0.339. The van der Waals surface area contributed by atoms with Gasteiger partial charge in [-0.2, -0.15) is 0 Å². The summed E-state index contributed by atoms with van der Waals surface area (Å²) in [6.45, 7) is 2.01. The van der Waals surface area contributed by atoms with Crippen LogP contribution in [0.3, 0.4) is 0 Å². The minimum Gasteiger partial charge on any atom is -0.393 e. The Morgan fingerprint density at radius 2 is 1.79 bits per heavy atom. The largest absolute Gasteiger partial charge is 0.393 e. The van der Waals surface area contributed by atoms with Crippen LogP contribution in [-0.4, -0.2) is 49.6 Å². The normalized spacial score (nSPS) is 24.2. The van der Waals surface area contributed by atoms with E-state index in [1.165, 1.54) is 0 Å². The number of rotatable bonds is 4. The van der Waals surface area contributed by atoms with Crippen molar-refractivity contribution in [3.8, 4) is 0 Å². The molecule has 172 valence electrons. The van der Waals surface area contributed by atoms with E-state index < -0.39 is 0 Å². The number of piperidine rings is 1. The van der Waals surface area contributed by atoms with Crippen molar-refractivity contribution >= 4 is 16.9 Å². The van der Waals surface area contributed by atoms with Gasteiger partial charge in [0.25, 0.3) is 5.56 Å². The van der Waals surface area contributed by atoms with Gasteiger partial charge in [0.1, 0.15) is 0 Å². The van der Waals surface area contributed by atoms with Crippen LogP contribution in [0.25, 0.3) is 11.0 Å². The minimum absolute atomic E-state index is 0.0647. The number of amides is 1. The second-order valence-corrected chi connectivity index (χ2v) is 9.43. The maximum atomic E-state index is 13.5. The van der Waals surface area contributed by atoms with Gasteiger partial charge in [-0.1, -0.05) is 30.3 Å². The lowest BCUT2D eigenvalue weighted by atomic mass is 9.73. The average molecular weight is 447 g/mol. The number of aromatic nitrogens is 3. The lowest BCUT2D eigenvalue weighted by Gasteiger charge is -2.39. The number of nitrogens with zero attached hydrogens (tertiary/aromatic N) is 4. The number of benzene rings is 1. The number of carbonyl (C=O) groups is 1. The van der Waals surface area contributed by atoms with E-state index in [-0.39, 0.29) is 29.4 Å². The number of carbonyl (C=O) groups excluding carboxylic acids is 1. The SMILES string of the molecule is O=C(C1CCC(O)CC1c1ccccc1)N1CCC(Cn2cnc3cccnc3c2=O)CC1. The molecule has 7 heteroatoms. The van der Waals surface area contributed by atoms with Gasteiger partial charge in [0, 0.05) is 31.7 Å². The Balaban J connectivity index is 1.24. The van der Waals surface area contributed by atoms with Gasteiger partial charge in [0.15, 0.2) is 5.52 Å². The van der Waals surface area contributed by atoms with Gasteiger partial charge in [-0.25, -0.2) is 9.97 Å². The number of aliphatic hydroxyl groups is 1. The monoisotopic (exact) mass is 446 g/mol. The molecular weight excluding hydrogens is 416 g/mol. The third kappa shape index (κ3) is 4.55. The molecule has 0 spiro atoms. The second-order valence-electron chi connectivity index (χ2n) is 9.43. The molecule has 2 aromatic heterocycles. The van der Waals surface area contributed by atoms with Gasteiger partial charge in [-0.15, -0.1) is 0 Å². The van der Waals surface area contributed by atoms with Crippen molar-refractivity contribution in [3.05, 3.63) is 70.9 Å². The van der Waals surface area contributed by atoms with Crippen molar-refractivity contribution in [3.63, 3.8) is 0 Å². The Morgan fingerprint density at radius 1 is 1.00 bits per heavy atom. The highest BCUT2D eigenvalue weighted by atomic mass is 16.3. The molecule has 2 aliphatic rings. The Kier molecular flexibility index (Phi) is 6.22. The first kappa shape index (κ1) is 21.8. The predicted octanol–water partition coefficient (Wildman–Crippen LogP) is 2.97. The molecule has 1 aliphatic heterocycles. The molecule has 0 radical (unpaired) electrons. The summed E-state index contributed by atoms with van der Waals surface area (Å²) in [5.74, 6) is 0.524. The predicted molar refractivity (Wildman–Crippen MR) is 126 cm³/mol. The van der Waals surface area contributed by atoms with Gasteiger partial charge in [-0.05, 0) is 61.6 Å². The van der Waals surface area contributed by atoms with Crippen LogP contribution in [0.2, 0.25) is 0 Å². The second kappa shape index (κ2) is 9.43. The Morgan fingerprint density at radius 3 is 2.58 bits per heavy atom. The van der Waals surface area contributed by atoms with Crippen molar-refractivity contribution in [1.29, 1.82) is 0 Å². The van der Waals surface area contributed by atoms with Gasteiger partial charge in [-0.3, -0.25) is 14.2 Å². The quantitative estimate of drug-likeness (QED) is 0.666. The van der Waals surface area contributed by atoms with Gasteiger partial charge in [0.05, 0.1) is 17.9 Å². The molecule has 3 heterocycles. The van der Waals surface area contributed by atoms with E-state index in [1.807, 2.05) is 23.1 Å². The van der Waals surface area contributed by atoms with Crippen molar-refractivity contribution in [2.45, 2.75) is 50.7 Å². The third-order valence-electron chi connectivity index (χ3n) is 7.33. The highest BCUT2D eigenvalue weighted by molar-refractivity contribution is 5.80. The third-order valence-corrected chi connectivity index (χ3v) is 7.33. The van der Waals surface area contributed by atoms with E-state index in [0.717, 1.165) is 24.8 Å². The summed E-state index contributed by atoms with van der Waals surface area (Å²) in [6, 6.07) is 13.7. The summed E-state index contributed by atoms with van der Waals surface area (Å²) >= 11 is 0. The molecule has 0 bridgehead atoms. The molecule has 3 unspecified atom stereocenters. The molecule has 5 rings (SSSR count). The fourth-order valence-corrected chi connectivity index (χ4v) is 5.48. The summed E-state index contributed by atoms with van der Waals surface area (Å²) in [5.41, 5.74) is 2.05. The number of aliphatic hydroxyl groups excluding tert-OH is 1. The molecule has 1 aromatic carbocycles. The van der Waals surface area contributed by atoms with Crippen molar-refractivity contribution < 1.29 is 9.90 Å². The molecule has 1 amide bonds. The lowest BCUT2D eigenvalue weighted by Crippen LogP contribution is -2.45. The molecule has 1 aliphatic carbocycles. The van der Waals surface area contributed by atoms with Crippen molar-refractivity contribution in [2.75, 3.05) is 13.1 Å². The summed E-state index contributed by atoms with van der Waals surface area (Å²) in [4.78, 5) is 36.8. The van der Waals surface area contributed by atoms with E-state index in [2.05, 4.69) is 22.1 Å². The fraction of sp³-hybridized carbons (Fsp3) is 0.462. The highest BCUT2D eigenvalue weighted by Crippen LogP contribution is 2.39. The number of hydrogen-bond donors (Lipinski definition) is 1. The molecule has 3 aromatic rings. The van der Waals surface area contributed by atoms with E-state index in [4.69, 9.17) is 0 Å². The van der Waals surface area contributed by atoms with Crippen molar-refractivity contribution in [2.24, 2.45) is 11.8 Å². The van der Waals surface area contributed by atoms with Crippen LogP contribution in [0.4, 0.5) is 0 Å². The molecule has 1 N–H and O–H groups in total. The first-order valence-corrected chi connectivity index (χ1v) is 11.9. The Bertz CT molecular complexity index is 1170. The van der Waals surface area contributed by atoms with Gasteiger partial charge in [0.2, 0.25) is 5.91 Å². The van der Waals surface area contributed by atoms with Crippen molar-refractivity contribution in [1.82, 2.24) is 19.4 Å². The summed E-state index contributed by atoms with van der Waals surface area (Å²) < 4.78 is 1.66. The van der Waals surface area contributed by atoms with E-state index in [9.17, 15) is 14.7 Å². The maximum absolute atomic E-state index is 13.5. The number of likely N-dealkylation sites (tertiary alicyclic amines) is 1. The maximum Gasteiger partial charge on any atom is 0.279 e. The first-order valence-electron chi connectivity index (χ1n) is 11.9. The standard InChI is InChI=1S/C26H30N4O3/c31-20-8-9-21(22(15-20)19-5-2-1-3-6-19)25(32)29-13-10-18(11-14-29)16-30-17-28-23-7-4-12-27-24(23)26(30)33/h1-7,12,17-18,20-22,31H,8-11,13-16H2. The van der Waals surface area contributed by atoms with Crippen LogP contribution in [0.5, 0.6) is 0 Å². The summed E-state index contributed by atoms with van der Waals surface area (Å²) in [7, 11) is 0. The average Bonchev–Trinajstić information content (AvgIpc) is 2.86. The van der Waals surface area contributed by atoms with Crippen LogP contribution >= 0.6 is 0 Å².